The van der Waals surface area contributed by atoms with Crippen LogP contribution in [-0.4, -0.2) is 39.9 Å². The summed E-state index contributed by atoms with van der Waals surface area (Å²) in [4.78, 5) is 31.3. The maximum atomic E-state index is 11.8. The zero-order valence-electron chi connectivity index (χ0n) is 10.2. The Morgan fingerprint density at radius 3 is 3.05 bits per heavy atom. The monoisotopic (exact) mass is 285 g/mol. The predicted molar refractivity (Wildman–Crippen MR) is 68.1 cm³/mol. The van der Waals surface area contributed by atoms with Gasteiger partial charge in [0.15, 0.2) is 0 Å². The fourth-order valence-electron chi connectivity index (χ4n) is 2.06. The minimum atomic E-state index is -0.578. The molecule has 1 aromatic heterocycles. The van der Waals surface area contributed by atoms with Crippen LogP contribution in [-0.2, 0) is 4.79 Å². The number of rotatable bonds is 3. The van der Waals surface area contributed by atoms with Gasteiger partial charge in [0, 0.05) is 13.1 Å². The number of hydrogen-bond donors (Lipinski definition) is 1. The van der Waals surface area contributed by atoms with Gasteiger partial charge in [-0.25, -0.2) is 4.98 Å². The first-order chi connectivity index (χ1) is 9.04. The van der Waals surface area contributed by atoms with E-state index in [1.54, 1.807) is 4.90 Å². The lowest BCUT2D eigenvalue weighted by Crippen LogP contribution is -2.55. The van der Waals surface area contributed by atoms with Crippen molar-refractivity contribution in [2.24, 2.45) is 0 Å². The van der Waals surface area contributed by atoms with Gasteiger partial charge in [-0.1, -0.05) is 6.92 Å². The molecule has 102 valence electrons. The van der Waals surface area contributed by atoms with Gasteiger partial charge in [0.2, 0.25) is 17.0 Å². The summed E-state index contributed by atoms with van der Waals surface area (Å²) in [5.41, 5.74) is -0.252. The van der Waals surface area contributed by atoms with Gasteiger partial charge in [-0.3, -0.25) is 14.9 Å². The maximum Gasteiger partial charge on any atom is 0.329 e. The molecule has 1 saturated heterocycles. The summed E-state index contributed by atoms with van der Waals surface area (Å²) < 4.78 is 0. The molecule has 2 heterocycles. The van der Waals surface area contributed by atoms with Crippen LogP contribution in [0.2, 0.25) is 5.28 Å². The van der Waals surface area contributed by atoms with Gasteiger partial charge < -0.3 is 10.2 Å². The Hall–Kier alpha value is -1.96. The van der Waals surface area contributed by atoms with Crippen molar-refractivity contribution < 1.29 is 9.72 Å². The molecule has 1 N–H and O–H groups in total. The molecule has 0 spiro atoms. The molecule has 1 aromatic rings. The number of piperazine rings is 1. The van der Waals surface area contributed by atoms with E-state index < -0.39 is 11.0 Å². The van der Waals surface area contributed by atoms with Crippen LogP contribution in [0.15, 0.2) is 6.20 Å². The molecule has 2 rings (SSSR count). The van der Waals surface area contributed by atoms with E-state index in [0.717, 1.165) is 6.20 Å². The average molecular weight is 286 g/mol. The van der Waals surface area contributed by atoms with Gasteiger partial charge in [-0.05, 0) is 18.0 Å². The van der Waals surface area contributed by atoms with E-state index in [1.807, 2.05) is 6.92 Å². The molecule has 8 nitrogen and oxygen atoms in total. The van der Waals surface area contributed by atoms with Crippen molar-refractivity contribution in [1.29, 1.82) is 0 Å². The van der Waals surface area contributed by atoms with Crippen molar-refractivity contribution in [2.75, 3.05) is 18.0 Å². The Bertz CT molecular complexity index is 524. The van der Waals surface area contributed by atoms with E-state index in [4.69, 9.17) is 11.6 Å². The molecule has 0 radical (unpaired) electrons. The highest BCUT2D eigenvalue weighted by molar-refractivity contribution is 6.28. The van der Waals surface area contributed by atoms with Crippen LogP contribution in [0.1, 0.15) is 13.3 Å². The molecule has 1 amide bonds. The minimum Gasteiger partial charge on any atom is -0.353 e. The standard InChI is InChI=1S/C10H12ClN5O3/c1-2-6-9(17)12-3-4-15(6)8-7(16(18)19)5-13-10(11)14-8/h5-6H,2-4H2,1H3,(H,12,17). The first kappa shape index (κ1) is 13.5. The fraction of sp³-hybridized carbons (Fsp3) is 0.500. The Kier molecular flexibility index (Phi) is 3.79. The van der Waals surface area contributed by atoms with E-state index in [-0.39, 0.29) is 22.7 Å². The largest absolute Gasteiger partial charge is 0.353 e. The summed E-state index contributed by atoms with van der Waals surface area (Å²) in [6.45, 7) is 2.68. The fourth-order valence-corrected chi connectivity index (χ4v) is 2.19. The number of carbonyl (C=O) groups is 1. The zero-order chi connectivity index (χ0) is 14.0. The summed E-state index contributed by atoms with van der Waals surface area (Å²) in [6, 6.07) is -0.488. The molecule has 1 aliphatic heterocycles. The van der Waals surface area contributed by atoms with Gasteiger partial charge in [-0.2, -0.15) is 4.98 Å². The number of carbonyl (C=O) groups excluding carboxylic acids is 1. The van der Waals surface area contributed by atoms with E-state index >= 15 is 0 Å². The van der Waals surface area contributed by atoms with Gasteiger partial charge in [-0.15, -0.1) is 0 Å². The molecule has 9 heteroatoms. The quantitative estimate of drug-likeness (QED) is 0.500. The predicted octanol–water partition coefficient (Wildman–Crippen LogP) is 0.753. The van der Waals surface area contributed by atoms with Crippen LogP contribution in [0.25, 0.3) is 0 Å². The smallest absolute Gasteiger partial charge is 0.329 e. The van der Waals surface area contributed by atoms with Crippen molar-refractivity contribution in [3.63, 3.8) is 0 Å². The second kappa shape index (κ2) is 5.35. The van der Waals surface area contributed by atoms with E-state index in [0.29, 0.717) is 19.5 Å². The van der Waals surface area contributed by atoms with Crippen LogP contribution in [0.3, 0.4) is 0 Å². The summed E-state index contributed by atoms with van der Waals surface area (Å²) in [7, 11) is 0. The third-order valence-corrected chi connectivity index (χ3v) is 3.09. The second-order valence-electron chi connectivity index (χ2n) is 4.01. The molecule has 1 fully saturated rings. The second-order valence-corrected chi connectivity index (χ2v) is 4.35. The molecule has 0 saturated carbocycles. The highest BCUT2D eigenvalue weighted by atomic mass is 35.5. The van der Waals surface area contributed by atoms with Crippen molar-refractivity contribution in [3.05, 3.63) is 21.6 Å². The third-order valence-electron chi connectivity index (χ3n) is 2.91. The minimum absolute atomic E-state index is 0.0820. The molecule has 1 atom stereocenters. The van der Waals surface area contributed by atoms with Crippen molar-refractivity contribution >= 4 is 29.0 Å². The molecule has 1 unspecified atom stereocenters. The van der Waals surface area contributed by atoms with E-state index in [9.17, 15) is 14.9 Å². The number of nitro groups is 1. The Balaban J connectivity index is 2.46. The third kappa shape index (κ3) is 2.58. The SMILES string of the molecule is CCC1C(=O)NCCN1c1nc(Cl)ncc1[N+](=O)[O-]. The van der Waals surface area contributed by atoms with Gasteiger partial charge >= 0.3 is 5.69 Å². The number of halogens is 1. The van der Waals surface area contributed by atoms with E-state index in [1.165, 1.54) is 0 Å². The zero-order valence-corrected chi connectivity index (χ0v) is 10.9. The molecular weight excluding hydrogens is 274 g/mol. The summed E-state index contributed by atoms with van der Waals surface area (Å²) in [5.74, 6) is -0.0792. The normalized spacial score (nSPS) is 19.2. The molecule has 0 bridgehead atoms. The van der Waals surface area contributed by atoms with Crippen molar-refractivity contribution in [3.8, 4) is 0 Å². The van der Waals surface area contributed by atoms with E-state index in [2.05, 4.69) is 15.3 Å². The van der Waals surface area contributed by atoms with Gasteiger partial charge in [0.25, 0.3) is 0 Å². The lowest BCUT2D eigenvalue weighted by molar-refractivity contribution is -0.384. The highest BCUT2D eigenvalue weighted by Gasteiger charge is 2.33. The molecular formula is C10H12ClN5O3. The summed E-state index contributed by atoms with van der Waals surface area (Å²) in [6.07, 6.45) is 1.58. The number of anilines is 1. The summed E-state index contributed by atoms with van der Waals surface area (Å²) in [5, 5.41) is 13.6. The Morgan fingerprint density at radius 2 is 2.42 bits per heavy atom. The lowest BCUT2D eigenvalue weighted by Gasteiger charge is -2.34. The number of hydrogen-bond acceptors (Lipinski definition) is 6. The lowest BCUT2D eigenvalue weighted by atomic mass is 10.1. The average Bonchev–Trinajstić information content (AvgIpc) is 2.37. The van der Waals surface area contributed by atoms with Gasteiger partial charge in [0.05, 0.1) is 4.92 Å². The number of amides is 1. The molecule has 0 aromatic carbocycles. The van der Waals surface area contributed by atoms with Crippen LogP contribution in [0.5, 0.6) is 0 Å². The molecule has 0 aliphatic carbocycles. The first-order valence-electron chi connectivity index (χ1n) is 5.76. The van der Waals surface area contributed by atoms with Gasteiger partial charge in [0.1, 0.15) is 12.2 Å². The van der Waals surface area contributed by atoms with Crippen LogP contribution in [0, 0.1) is 10.1 Å². The highest BCUT2D eigenvalue weighted by Crippen LogP contribution is 2.29. The topological polar surface area (TPSA) is 101 Å². The number of aromatic nitrogens is 2. The molecule has 19 heavy (non-hydrogen) atoms. The van der Waals surface area contributed by atoms with Crippen molar-refractivity contribution in [1.82, 2.24) is 15.3 Å². The maximum absolute atomic E-state index is 11.8. The Labute approximate surface area is 113 Å². The van der Waals surface area contributed by atoms with Crippen LogP contribution in [0.4, 0.5) is 11.5 Å². The van der Waals surface area contributed by atoms with Crippen molar-refractivity contribution in [2.45, 2.75) is 19.4 Å². The Morgan fingerprint density at radius 1 is 1.68 bits per heavy atom. The number of nitrogens with zero attached hydrogens (tertiary/aromatic N) is 4. The number of nitrogens with one attached hydrogen (secondary N) is 1. The van der Waals surface area contributed by atoms with Crippen LogP contribution >= 0.6 is 11.6 Å². The first-order valence-corrected chi connectivity index (χ1v) is 6.13. The van der Waals surface area contributed by atoms with Crippen LogP contribution < -0.4 is 10.2 Å². The molecule has 1 aliphatic rings. The summed E-state index contributed by atoms with van der Waals surface area (Å²) >= 11 is 5.70.